The lowest BCUT2D eigenvalue weighted by molar-refractivity contribution is -0.137. The lowest BCUT2D eigenvalue weighted by atomic mass is 10.1. The molecule has 3 nitrogen and oxygen atoms in total. The first kappa shape index (κ1) is 16.4. The summed E-state index contributed by atoms with van der Waals surface area (Å²) in [6.07, 6.45) is -3.42. The smallest absolute Gasteiger partial charge is 0.305 e. The molecule has 2 aliphatic rings. The number of nitrogens with zero attached hydrogens (tertiary/aromatic N) is 3. The van der Waals surface area contributed by atoms with E-state index in [-0.39, 0.29) is 5.54 Å². The second-order valence-corrected chi connectivity index (χ2v) is 7.60. The number of fused-ring (bicyclic) bond motifs is 3. The third kappa shape index (κ3) is 3.39. The van der Waals surface area contributed by atoms with E-state index in [2.05, 4.69) is 9.98 Å². The van der Waals surface area contributed by atoms with Crippen LogP contribution in [-0.4, -0.2) is 34.5 Å². The fraction of sp³-hybridized carbons (Fsp3) is 0.500. The van der Waals surface area contributed by atoms with Gasteiger partial charge >= 0.3 is 6.18 Å². The average molecular weight is 341 g/mol. The maximum Gasteiger partial charge on any atom is 0.416 e. The Labute approximate surface area is 137 Å². The van der Waals surface area contributed by atoms with Crippen molar-refractivity contribution in [2.24, 2.45) is 9.98 Å². The Bertz CT molecular complexity index is 687. The summed E-state index contributed by atoms with van der Waals surface area (Å²) in [5.74, 6) is 0.738. The number of rotatable bonds is 0. The van der Waals surface area contributed by atoms with Gasteiger partial charge in [0.25, 0.3) is 0 Å². The van der Waals surface area contributed by atoms with E-state index in [4.69, 9.17) is 0 Å². The summed E-state index contributed by atoms with van der Waals surface area (Å²) in [5, 5.41) is 0.725. The molecule has 7 heteroatoms. The minimum absolute atomic E-state index is 0.302. The minimum Gasteiger partial charge on any atom is -0.305 e. The molecular weight excluding hydrogens is 323 g/mol. The largest absolute Gasteiger partial charge is 0.416 e. The molecule has 0 radical (unpaired) electrons. The van der Waals surface area contributed by atoms with Crippen molar-refractivity contribution in [1.82, 2.24) is 4.90 Å². The number of benzene rings is 1. The molecule has 0 aliphatic carbocycles. The second kappa shape index (κ2) is 5.54. The van der Waals surface area contributed by atoms with Crippen molar-refractivity contribution in [3.63, 3.8) is 0 Å². The molecule has 0 saturated carbocycles. The van der Waals surface area contributed by atoms with Crippen molar-refractivity contribution in [1.29, 1.82) is 0 Å². The van der Waals surface area contributed by atoms with Gasteiger partial charge in [-0.15, -0.1) is 0 Å². The van der Waals surface area contributed by atoms with E-state index in [1.54, 1.807) is 0 Å². The van der Waals surface area contributed by atoms with Gasteiger partial charge in [-0.1, -0.05) is 11.8 Å². The fourth-order valence-corrected chi connectivity index (χ4v) is 3.77. The van der Waals surface area contributed by atoms with Gasteiger partial charge in [-0.3, -0.25) is 9.98 Å². The highest BCUT2D eigenvalue weighted by atomic mass is 32.2. The Morgan fingerprint density at radius 2 is 1.96 bits per heavy atom. The molecule has 0 fully saturated rings. The maximum atomic E-state index is 13.0. The van der Waals surface area contributed by atoms with Gasteiger partial charge in [0.2, 0.25) is 0 Å². The topological polar surface area (TPSA) is 28.0 Å². The predicted octanol–water partition coefficient (Wildman–Crippen LogP) is 4.42. The Morgan fingerprint density at radius 3 is 2.61 bits per heavy atom. The van der Waals surface area contributed by atoms with Crippen molar-refractivity contribution >= 4 is 22.8 Å². The molecule has 0 spiro atoms. The number of alkyl halides is 3. The SMILES string of the molecule is CC(C)(C)N=C1Sc2cc(C(F)(F)F)ccc2C2=NCCCN12. The Hall–Kier alpha value is -1.50. The van der Waals surface area contributed by atoms with Crippen LogP contribution in [-0.2, 0) is 6.18 Å². The van der Waals surface area contributed by atoms with E-state index < -0.39 is 11.7 Å². The third-order valence-corrected chi connectivity index (χ3v) is 4.52. The van der Waals surface area contributed by atoms with Gasteiger partial charge in [0, 0.05) is 23.5 Å². The molecule has 3 rings (SSSR count). The zero-order chi connectivity index (χ0) is 16.8. The highest BCUT2D eigenvalue weighted by Gasteiger charge is 2.35. The summed E-state index contributed by atoms with van der Waals surface area (Å²) in [6.45, 7) is 7.41. The van der Waals surface area contributed by atoms with Crippen LogP contribution in [0.15, 0.2) is 33.1 Å². The Morgan fingerprint density at radius 1 is 1.22 bits per heavy atom. The van der Waals surface area contributed by atoms with Crippen molar-refractivity contribution < 1.29 is 13.2 Å². The Kier molecular flexibility index (Phi) is 3.94. The van der Waals surface area contributed by atoms with E-state index in [0.29, 0.717) is 11.4 Å². The van der Waals surface area contributed by atoms with Gasteiger partial charge < -0.3 is 4.90 Å². The molecule has 0 N–H and O–H groups in total. The molecule has 0 saturated heterocycles. The normalized spacial score (nSPS) is 20.2. The minimum atomic E-state index is -4.34. The number of aliphatic imine (C=N–C) groups is 2. The quantitative estimate of drug-likeness (QED) is 0.699. The molecule has 0 bridgehead atoms. The van der Waals surface area contributed by atoms with Crippen LogP contribution >= 0.6 is 11.8 Å². The van der Waals surface area contributed by atoms with Crippen LogP contribution in [0.5, 0.6) is 0 Å². The molecule has 23 heavy (non-hydrogen) atoms. The van der Waals surface area contributed by atoms with E-state index in [9.17, 15) is 13.2 Å². The van der Waals surface area contributed by atoms with Gasteiger partial charge in [-0.25, -0.2) is 0 Å². The van der Waals surface area contributed by atoms with Crippen LogP contribution in [0.1, 0.15) is 38.3 Å². The number of hydrogen-bond acceptors (Lipinski definition) is 3. The summed E-state index contributed by atoms with van der Waals surface area (Å²) in [5.41, 5.74) is -0.177. The predicted molar refractivity (Wildman–Crippen MR) is 87.2 cm³/mol. The summed E-state index contributed by atoms with van der Waals surface area (Å²) in [6, 6.07) is 3.85. The lowest BCUT2D eigenvalue weighted by Gasteiger charge is -2.36. The molecule has 2 aliphatic heterocycles. The number of hydrogen-bond donors (Lipinski definition) is 0. The molecular formula is C16H18F3N3S. The number of thioether (sulfide) groups is 1. The molecule has 124 valence electrons. The molecule has 0 unspecified atom stereocenters. The average Bonchev–Trinajstić information content (AvgIpc) is 2.44. The fourth-order valence-electron chi connectivity index (χ4n) is 2.51. The van der Waals surface area contributed by atoms with E-state index in [1.807, 2.05) is 25.7 Å². The third-order valence-electron chi connectivity index (χ3n) is 3.47. The molecule has 2 heterocycles. The Balaban J connectivity index is 2.11. The van der Waals surface area contributed by atoms with Crippen LogP contribution in [0.25, 0.3) is 0 Å². The number of amidine groups is 2. The first-order valence-corrected chi connectivity index (χ1v) is 8.28. The van der Waals surface area contributed by atoms with Crippen LogP contribution in [0, 0.1) is 0 Å². The lowest BCUT2D eigenvalue weighted by Crippen LogP contribution is -2.43. The van der Waals surface area contributed by atoms with E-state index >= 15 is 0 Å². The van der Waals surface area contributed by atoms with Crippen molar-refractivity contribution in [3.8, 4) is 0 Å². The van der Waals surface area contributed by atoms with Crippen LogP contribution in [0.4, 0.5) is 13.2 Å². The zero-order valence-electron chi connectivity index (χ0n) is 13.2. The van der Waals surface area contributed by atoms with E-state index in [0.717, 1.165) is 35.6 Å². The summed E-state index contributed by atoms with van der Waals surface area (Å²) in [7, 11) is 0. The van der Waals surface area contributed by atoms with Gasteiger partial charge in [0.1, 0.15) is 5.84 Å². The zero-order valence-corrected chi connectivity index (χ0v) is 14.1. The first-order valence-electron chi connectivity index (χ1n) is 7.46. The van der Waals surface area contributed by atoms with Crippen molar-refractivity contribution in [3.05, 3.63) is 29.3 Å². The molecule has 1 aromatic carbocycles. The highest BCUT2D eigenvalue weighted by Crippen LogP contribution is 2.39. The van der Waals surface area contributed by atoms with Crippen LogP contribution < -0.4 is 0 Å². The van der Waals surface area contributed by atoms with Crippen LogP contribution in [0.2, 0.25) is 0 Å². The van der Waals surface area contributed by atoms with Gasteiger partial charge in [0.05, 0.1) is 11.1 Å². The molecule has 0 aromatic heterocycles. The van der Waals surface area contributed by atoms with Gasteiger partial charge in [-0.05, 0) is 45.4 Å². The summed E-state index contributed by atoms with van der Waals surface area (Å²) < 4.78 is 38.9. The molecule has 0 atom stereocenters. The molecule has 0 amide bonds. The van der Waals surface area contributed by atoms with Crippen molar-refractivity contribution in [2.45, 2.75) is 43.8 Å². The van der Waals surface area contributed by atoms with Crippen LogP contribution in [0.3, 0.4) is 0 Å². The molecule has 1 aromatic rings. The number of halogens is 3. The summed E-state index contributed by atoms with van der Waals surface area (Å²) in [4.78, 5) is 11.8. The van der Waals surface area contributed by atoms with E-state index in [1.165, 1.54) is 23.9 Å². The second-order valence-electron chi connectivity index (χ2n) is 6.59. The summed E-state index contributed by atoms with van der Waals surface area (Å²) >= 11 is 1.29. The maximum absolute atomic E-state index is 13.0. The monoisotopic (exact) mass is 341 g/mol. The first-order chi connectivity index (χ1) is 10.6. The van der Waals surface area contributed by atoms with Gasteiger partial charge in [0.15, 0.2) is 5.17 Å². The van der Waals surface area contributed by atoms with Gasteiger partial charge in [-0.2, -0.15) is 13.2 Å². The standard InChI is InChI=1S/C16H18F3N3S/c1-15(2,3)21-14-22-8-4-7-20-13(22)11-6-5-10(16(17,18)19)9-12(11)23-14/h5-6,9H,4,7-8H2,1-3H3. The van der Waals surface area contributed by atoms with Crippen molar-refractivity contribution in [2.75, 3.05) is 13.1 Å². The highest BCUT2D eigenvalue weighted by molar-refractivity contribution is 8.14.